The lowest BCUT2D eigenvalue weighted by atomic mass is 10.1. The molecule has 7 heteroatoms. The molecule has 0 aliphatic carbocycles. The summed E-state index contributed by atoms with van der Waals surface area (Å²) in [5, 5.41) is 0.491. The molecular weight excluding hydrogens is 444 g/mol. The zero-order valence-electron chi connectivity index (χ0n) is 21.0. The Kier molecular flexibility index (Phi) is 9.20. The zero-order valence-corrected chi connectivity index (χ0v) is 21.0. The van der Waals surface area contributed by atoms with Crippen molar-refractivity contribution in [3.63, 3.8) is 0 Å². The van der Waals surface area contributed by atoms with E-state index in [1.807, 2.05) is 57.2 Å². The van der Waals surface area contributed by atoms with Crippen molar-refractivity contribution in [1.29, 1.82) is 0 Å². The molecule has 0 N–H and O–H groups in total. The number of aryl methyl sites for hydroxylation is 1. The lowest BCUT2D eigenvalue weighted by molar-refractivity contribution is -0.143. The number of ether oxygens (including phenoxy) is 1. The fourth-order valence-corrected chi connectivity index (χ4v) is 3.93. The number of hydrogen-bond donors (Lipinski definition) is 0. The Balaban J connectivity index is 1.89. The van der Waals surface area contributed by atoms with Gasteiger partial charge in [-0.15, -0.1) is 0 Å². The van der Waals surface area contributed by atoms with Gasteiger partial charge in [-0.25, -0.2) is 0 Å². The average molecular weight is 479 g/mol. The fraction of sp³-hybridized carbons (Fsp3) is 0.393. The number of amides is 2. The summed E-state index contributed by atoms with van der Waals surface area (Å²) in [6.45, 7) is 6.82. The first-order chi connectivity index (χ1) is 16.8. The van der Waals surface area contributed by atoms with Gasteiger partial charge >= 0.3 is 0 Å². The Hall–Kier alpha value is -3.45. The Morgan fingerprint density at radius 2 is 1.77 bits per heavy atom. The first-order valence-corrected chi connectivity index (χ1v) is 11.9. The van der Waals surface area contributed by atoms with Crippen LogP contribution in [0, 0.1) is 12.8 Å². The number of nitrogens with zero attached hydrogens (tertiary/aromatic N) is 2. The minimum absolute atomic E-state index is 0.0639. The molecule has 1 heterocycles. The van der Waals surface area contributed by atoms with Crippen LogP contribution in [0.3, 0.4) is 0 Å². The number of benzene rings is 2. The van der Waals surface area contributed by atoms with E-state index in [4.69, 9.17) is 9.15 Å². The maximum absolute atomic E-state index is 13.5. The Bertz CT molecular complexity index is 1200. The van der Waals surface area contributed by atoms with Crippen LogP contribution >= 0.6 is 0 Å². The second-order valence-electron chi connectivity index (χ2n) is 9.09. The second-order valence-corrected chi connectivity index (χ2v) is 9.09. The van der Waals surface area contributed by atoms with Crippen molar-refractivity contribution in [3.8, 4) is 0 Å². The molecule has 186 valence electrons. The minimum atomic E-state index is -0.233. The van der Waals surface area contributed by atoms with Crippen molar-refractivity contribution in [2.24, 2.45) is 5.92 Å². The van der Waals surface area contributed by atoms with Crippen molar-refractivity contribution in [2.45, 2.75) is 40.3 Å². The van der Waals surface area contributed by atoms with Crippen molar-refractivity contribution >= 4 is 22.8 Å². The third-order valence-corrected chi connectivity index (χ3v) is 5.84. The molecule has 0 radical (unpaired) electrons. The minimum Gasteiger partial charge on any atom is -0.464 e. The molecule has 0 unspecified atom stereocenters. The van der Waals surface area contributed by atoms with Crippen LogP contribution in [0.25, 0.3) is 11.0 Å². The summed E-state index contributed by atoms with van der Waals surface area (Å²) < 4.78 is 10.8. The van der Waals surface area contributed by atoms with Crippen LogP contribution in [0.2, 0.25) is 0 Å². The summed E-state index contributed by atoms with van der Waals surface area (Å²) in [4.78, 5) is 42.7. The molecule has 0 saturated heterocycles. The molecule has 1 aromatic heterocycles. The number of carbonyl (C=O) groups excluding carboxylic acids is 2. The van der Waals surface area contributed by atoms with Gasteiger partial charge in [0, 0.05) is 32.7 Å². The summed E-state index contributed by atoms with van der Waals surface area (Å²) in [6, 6.07) is 15.1. The van der Waals surface area contributed by atoms with E-state index in [-0.39, 0.29) is 36.3 Å². The van der Waals surface area contributed by atoms with Crippen LogP contribution in [-0.2, 0) is 27.4 Å². The molecule has 7 nitrogen and oxygen atoms in total. The second kappa shape index (κ2) is 12.3. The van der Waals surface area contributed by atoms with E-state index in [1.54, 1.807) is 29.0 Å². The predicted octanol–water partition coefficient (Wildman–Crippen LogP) is 4.15. The highest BCUT2D eigenvalue weighted by molar-refractivity contribution is 5.86. The first kappa shape index (κ1) is 26.2. The Morgan fingerprint density at radius 3 is 2.46 bits per heavy atom. The number of rotatable bonds is 11. The number of hydrogen-bond acceptors (Lipinski definition) is 5. The van der Waals surface area contributed by atoms with E-state index in [0.717, 1.165) is 11.1 Å². The third kappa shape index (κ3) is 7.02. The normalized spacial score (nSPS) is 11.1. The van der Waals surface area contributed by atoms with Gasteiger partial charge in [-0.2, -0.15) is 0 Å². The van der Waals surface area contributed by atoms with Gasteiger partial charge in [0.25, 0.3) is 0 Å². The smallest absolute Gasteiger partial charge is 0.242 e. The van der Waals surface area contributed by atoms with Crippen LogP contribution in [0.15, 0.2) is 64.0 Å². The summed E-state index contributed by atoms with van der Waals surface area (Å²) in [5.74, 6) is -0.553. The van der Waals surface area contributed by atoms with Crippen molar-refractivity contribution < 1.29 is 18.7 Å². The van der Waals surface area contributed by atoms with Gasteiger partial charge < -0.3 is 19.0 Å². The topological polar surface area (TPSA) is 80.1 Å². The quantitative estimate of drug-likeness (QED) is 0.387. The molecule has 0 spiro atoms. The van der Waals surface area contributed by atoms with Crippen LogP contribution in [0.5, 0.6) is 0 Å². The molecule has 2 amide bonds. The van der Waals surface area contributed by atoms with E-state index < -0.39 is 0 Å². The van der Waals surface area contributed by atoms with Crippen molar-refractivity contribution in [2.75, 3.05) is 26.8 Å². The van der Waals surface area contributed by atoms with Gasteiger partial charge in [0.2, 0.25) is 11.8 Å². The fourth-order valence-electron chi connectivity index (χ4n) is 3.93. The highest BCUT2D eigenvalue weighted by atomic mass is 16.5. The highest BCUT2D eigenvalue weighted by Gasteiger charge is 2.24. The average Bonchev–Trinajstić information content (AvgIpc) is 2.85. The van der Waals surface area contributed by atoms with Gasteiger partial charge in [-0.3, -0.25) is 14.4 Å². The summed E-state index contributed by atoms with van der Waals surface area (Å²) in [6.07, 6.45) is 2.06. The van der Waals surface area contributed by atoms with Crippen LogP contribution in [-0.4, -0.2) is 48.4 Å². The molecular formula is C28H34N2O5. The van der Waals surface area contributed by atoms with Crippen LogP contribution in [0.1, 0.15) is 37.0 Å². The SMILES string of the molecule is COCCCN(CC(=O)N(Cc1ccccc1)Cc1coc2ccc(C)cc2c1=O)C(=O)C(C)C. The molecule has 0 saturated carbocycles. The van der Waals surface area contributed by atoms with Crippen LogP contribution < -0.4 is 5.43 Å². The van der Waals surface area contributed by atoms with Gasteiger partial charge in [-0.1, -0.05) is 55.8 Å². The molecule has 0 atom stereocenters. The van der Waals surface area contributed by atoms with Gasteiger partial charge in [0.15, 0.2) is 5.43 Å². The number of carbonyl (C=O) groups is 2. The third-order valence-electron chi connectivity index (χ3n) is 5.84. The zero-order chi connectivity index (χ0) is 25.4. The summed E-state index contributed by atoms with van der Waals surface area (Å²) in [7, 11) is 1.61. The van der Waals surface area contributed by atoms with E-state index in [2.05, 4.69) is 0 Å². The number of fused-ring (bicyclic) bond motifs is 1. The summed E-state index contributed by atoms with van der Waals surface area (Å²) >= 11 is 0. The van der Waals surface area contributed by atoms with E-state index in [9.17, 15) is 14.4 Å². The number of methoxy groups -OCH3 is 1. The molecule has 2 aromatic carbocycles. The molecule has 0 fully saturated rings. The molecule has 35 heavy (non-hydrogen) atoms. The molecule has 3 rings (SSSR count). The van der Waals surface area contributed by atoms with Crippen molar-refractivity contribution in [3.05, 3.63) is 81.7 Å². The van der Waals surface area contributed by atoms with Gasteiger partial charge in [0.05, 0.1) is 30.3 Å². The molecule has 0 aliphatic heterocycles. The van der Waals surface area contributed by atoms with Crippen LogP contribution in [0.4, 0.5) is 0 Å². The molecule has 3 aromatic rings. The first-order valence-electron chi connectivity index (χ1n) is 11.9. The summed E-state index contributed by atoms with van der Waals surface area (Å²) in [5.41, 5.74) is 2.64. The molecule has 0 bridgehead atoms. The molecule has 0 aliphatic rings. The van der Waals surface area contributed by atoms with Crippen molar-refractivity contribution in [1.82, 2.24) is 9.80 Å². The predicted molar refractivity (Wildman–Crippen MR) is 136 cm³/mol. The monoisotopic (exact) mass is 478 g/mol. The lowest BCUT2D eigenvalue weighted by Gasteiger charge is -2.29. The highest BCUT2D eigenvalue weighted by Crippen LogP contribution is 2.16. The standard InChI is InChI=1S/C28H34N2O5/c1-20(2)28(33)29(13-8-14-34-4)18-26(31)30(16-22-9-6-5-7-10-22)17-23-19-35-25-12-11-21(3)15-24(25)27(23)32/h5-7,9-12,15,19-20H,8,13-14,16-18H2,1-4H3. The largest absolute Gasteiger partial charge is 0.464 e. The van der Waals surface area contributed by atoms with E-state index in [1.165, 1.54) is 6.26 Å². The maximum atomic E-state index is 13.5. The van der Waals surface area contributed by atoms with E-state index >= 15 is 0 Å². The Labute approximate surface area is 206 Å². The maximum Gasteiger partial charge on any atom is 0.242 e. The van der Waals surface area contributed by atoms with Gasteiger partial charge in [0.1, 0.15) is 5.58 Å². The lowest BCUT2D eigenvalue weighted by Crippen LogP contribution is -2.44. The van der Waals surface area contributed by atoms with Gasteiger partial charge in [-0.05, 0) is 31.0 Å². The van der Waals surface area contributed by atoms with E-state index in [0.29, 0.717) is 42.6 Å². The Morgan fingerprint density at radius 1 is 1.03 bits per heavy atom.